The van der Waals surface area contributed by atoms with Crippen molar-refractivity contribution in [1.29, 1.82) is 0 Å². The molecule has 2 aromatic carbocycles. The molecule has 1 aromatic heterocycles. The summed E-state index contributed by atoms with van der Waals surface area (Å²) in [5, 5.41) is 13.8. The van der Waals surface area contributed by atoms with Gasteiger partial charge in [0, 0.05) is 12.1 Å². The van der Waals surface area contributed by atoms with Gasteiger partial charge in [0.05, 0.1) is 17.2 Å². The van der Waals surface area contributed by atoms with E-state index in [2.05, 4.69) is 5.32 Å². The first-order chi connectivity index (χ1) is 13.5. The smallest absolute Gasteiger partial charge is 0.285 e. The molecule has 0 radical (unpaired) electrons. The van der Waals surface area contributed by atoms with Crippen LogP contribution in [0.1, 0.15) is 17.2 Å². The Labute approximate surface area is 161 Å². The molecule has 0 aliphatic rings. The molecule has 0 aliphatic heterocycles. The molecular weight excluding hydrogens is 358 g/mol. The molecule has 1 N–H and O–H groups in total. The maximum atomic E-state index is 12.6. The van der Waals surface area contributed by atoms with Gasteiger partial charge in [0.1, 0.15) is 6.54 Å². The lowest BCUT2D eigenvalue weighted by molar-refractivity contribution is -0.385. The Balaban J connectivity index is 1.79. The zero-order valence-corrected chi connectivity index (χ0v) is 15.0. The van der Waals surface area contributed by atoms with Crippen molar-refractivity contribution in [2.45, 2.75) is 19.0 Å². The number of rotatable bonds is 7. The SMILES string of the molecule is O=C(Cn1cc([N+](=O)[O-])ccc1=O)N[C@H](Cc1ccccc1)c1ccccc1. The first-order valence-electron chi connectivity index (χ1n) is 8.76. The molecule has 7 nitrogen and oxygen atoms in total. The molecule has 1 heterocycles. The predicted molar refractivity (Wildman–Crippen MR) is 105 cm³/mol. The number of pyridine rings is 1. The second-order valence-corrected chi connectivity index (χ2v) is 6.33. The van der Waals surface area contributed by atoms with Gasteiger partial charge in [-0.2, -0.15) is 0 Å². The second-order valence-electron chi connectivity index (χ2n) is 6.33. The van der Waals surface area contributed by atoms with E-state index in [0.717, 1.165) is 34.0 Å². The van der Waals surface area contributed by atoms with Crippen molar-refractivity contribution in [2.75, 3.05) is 0 Å². The fraction of sp³-hybridized carbons (Fsp3) is 0.143. The lowest BCUT2D eigenvalue weighted by Gasteiger charge is -2.20. The van der Waals surface area contributed by atoms with Crippen LogP contribution in [0, 0.1) is 10.1 Å². The first-order valence-corrected chi connectivity index (χ1v) is 8.76. The van der Waals surface area contributed by atoms with Crippen LogP contribution in [-0.4, -0.2) is 15.4 Å². The Morgan fingerprint density at radius 3 is 2.29 bits per heavy atom. The highest BCUT2D eigenvalue weighted by Gasteiger charge is 2.17. The van der Waals surface area contributed by atoms with Crippen LogP contribution in [0.2, 0.25) is 0 Å². The summed E-state index contributed by atoms with van der Waals surface area (Å²) in [6.07, 6.45) is 1.66. The highest BCUT2D eigenvalue weighted by molar-refractivity contribution is 5.76. The molecule has 7 heteroatoms. The molecular formula is C21H19N3O4. The lowest BCUT2D eigenvalue weighted by atomic mass is 9.99. The number of nitrogens with zero attached hydrogens (tertiary/aromatic N) is 2. The van der Waals surface area contributed by atoms with E-state index in [1.807, 2.05) is 60.7 Å². The Kier molecular flexibility index (Phi) is 5.96. The summed E-state index contributed by atoms with van der Waals surface area (Å²) in [4.78, 5) is 34.8. The summed E-state index contributed by atoms with van der Waals surface area (Å²) in [5.41, 5.74) is 1.28. The fourth-order valence-electron chi connectivity index (χ4n) is 2.93. The largest absolute Gasteiger partial charge is 0.347 e. The molecule has 0 unspecified atom stereocenters. The zero-order valence-electron chi connectivity index (χ0n) is 15.0. The van der Waals surface area contributed by atoms with Crippen LogP contribution in [0.5, 0.6) is 0 Å². The van der Waals surface area contributed by atoms with Gasteiger partial charge >= 0.3 is 0 Å². The van der Waals surface area contributed by atoms with E-state index in [1.54, 1.807) is 0 Å². The summed E-state index contributed by atoms with van der Waals surface area (Å²) in [6.45, 7) is -0.293. The number of hydrogen-bond acceptors (Lipinski definition) is 4. The van der Waals surface area contributed by atoms with Crippen molar-refractivity contribution in [3.8, 4) is 0 Å². The van der Waals surface area contributed by atoms with Gasteiger partial charge in [-0.15, -0.1) is 0 Å². The van der Waals surface area contributed by atoms with Gasteiger partial charge in [-0.3, -0.25) is 24.3 Å². The molecule has 0 saturated carbocycles. The molecule has 28 heavy (non-hydrogen) atoms. The van der Waals surface area contributed by atoms with Gasteiger partial charge in [0.2, 0.25) is 5.91 Å². The maximum Gasteiger partial charge on any atom is 0.285 e. The van der Waals surface area contributed by atoms with Gasteiger partial charge in [-0.25, -0.2) is 0 Å². The predicted octanol–water partition coefficient (Wildman–Crippen LogP) is 2.86. The number of hydrogen-bond donors (Lipinski definition) is 1. The van der Waals surface area contributed by atoms with E-state index < -0.39 is 16.4 Å². The number of carbonyl (C=O) groups excluding carboxylic acids is 1. The Morgan fingerprint density at radius 1 is 1.00 bits per heavy atom. The summed E-state index contributed by atoms with van der Waals surface area (Å²) in [6, 6.07) is 21.2. The van der Waals surface area contributed by atoms with Crippen molar-refractivity contribution < 1.29 is 9.72 Å². The number of benzene rings is 2. The summed E-state index contributed by atoms with van der Waals surface area (Å²) in [7, 11) is 0. The average molecular weight is 377 g/mol. The van der Waals surface area contributed by atoms with Crippen LogP contribution in [0.25, 0.3) is 0 Å². The number of nitro groups is 1. The standard InChI is InChI=1S/C21H19N3O4/c25-20(15-23-14-18(24(27)28)11-12-21(23)26)22-19(17-9-5-2-6-10-17)13-16-7-3-1-4-8-16/h1-12,14,19H,13,15H2,(H,22,25)/t19-/m1/s1. The molecule has 0 aliphatic carbocycles. The minimum Gasteiger partial charge on any atom is -0.347 e. The first kappa shape index (κ1) is 19.0. The maximum absolute atomic E-state index is 12.6. The summed E-state index contributed by atoms with van der Waals surface area (Å²) < 4.78 is 1.04. The monoisotopic (exact) mass is 377 g/mol. The van der Waals surface area contributed by atoms with Crippen LogP contribution in [0.15, 0.2) is 83.8 Å². The van der Waals surface area contributed by atoms with E-state index in [9.17, 15) is 19.7 Å². The van der Waals surface area contributed by atoms with E-state index >= 15 is 0 Å². The Hall–Kier alpha value is -3.74. The van der Waals surface area contributed by atoms with Crippen LogP contribution in [0.4, 0.5) is 5.69 Å². The van der Waals surface area contributed by atoms with Gasteiger partial charge < -0.3 is 5.32 Å². The van der Waals surface area contributed by atoms with E-state index in [1.165, 1.54) is 0 Å². The Bertz CT molecular complexity index is 1020. The normalized spacial score (nSPS) is 11.6. The molecule has 3 aromatic rings. The van der Waals surface area contributed by atoms with Crippen molar-refractivity contribution in [3.05, 3.63) is 111 Å². The van der Waals surface area contributed by atoms with Crippen molar-refractivity contribution >= 4 is 11.6 Å². The fourth-order valence-corrected chi connectivity index (χ4v) is 2.93. The zero-order chi connectivity index (χ0) is 19.9. The molecule has 1 atom stereocenters. The van der Waals surface area contributed by atoms with Crippen molar-refractivity contribution in [2.24, 2.45) is 0 Å². The number of nitrogens with one attached hydrogen (secondary N) is 1. The molecule has 0 fully saturated rings. The van der Waals surface area contributed by atoms with Crippen molar-refractivity contribution in [1.82, 2.24) is 9.88 Å². The van der Waals surface area contributed by atoms with Crippen LogP contribution < -0.4 is 10.9 Å². The van der Waals surface area contributed by atoms with Gasteiger partial charge in [-0.1, -0.05) is 60.7 Å². The molecule has 0 bridgehead atoms. The summed E-state index contributed by atoms with van der Waals surface area (Å²) in [5.74, 6) is -0.396. The number of aromatic nitrogens is 1. The molecule has 1 amide bonds. The van der Waals surface area contributed by atoms with Crippen LogP contribution in [0.3, 0.4) is 0 Å². The molecule has 0 spiro atoms. The topological polar surface area (TPSA) is 94.2 Å². The average Bonchev–Trinajstić information content (AvgIpc) is 2.70. The highest BCUT2D eigenvalue weighted by atomic mass is 16.6. The lowest BCUT2D eigenvalue weighted by Crippen LogP contribution is -2.35. The van der Waals surface area contributed by atoms with Gasteiger partial charge in [0.25, 0.3) is 11.2 Å². The van der Waals surface area contributed by atoms with Crippen LogP contribution in [-0.2, 0) is 17.8 Å². The number of amides is 1. The summed E-state index contributed by atoms with van der Waals surface area (Å²) >= 11 is 0. The van der Waals surface area contributed by atoms with Gasteiger partial charge in [0.15, 0.2) is 0 Å². The van der Waals surface area contributed by atoms with E-state index in [-0.39, 0.29) is 18.3 Å². The quantitative estimate of drug-likeness (QED) is 0.506. The van der Waals surface area contributed by atoms with E-state index in [0.29, 0.717) is 6.42 Å². The third kappa shape index (κ3) is 4.91. The Morgan fingerprint density at radius 2 is 1.64 bits per heavy atom. The van der Waals surface area contributed by atoms with Crippen molar-refractivity contribution in [3.63, 3.8) is 0 Å². The minimum atomic E-state index is -0.601. The molecule has 3 rings (SSSR count). The van der Waals surface area contributed by atoms with Gasteiger partial charge in [-0.05, 0) is 17.5 Å². The second kappa shape index (κ2) is 8.77. The third-order valence-electron chi connectivity index (χ3n) is 4.31. The van der Waals surface area contributed by atoms with E-state index in [4.69, 9.17) is 0 Å². The van der Waals surface area contributed by atoms with Crippen LogP contribution >= 0.6 is 0 Å². The molecule has 142 valence electrons. The third-order valence-corrected chi connectivity index (χ3v) is 4.31. The number of carbonyl (C=O) groups is 1. The molecule has 0 saturated heterocycles. The minimum absolute atomic E-state index is 0.240. The highest BCUT2D eigenvalue weighted by Crippen LogP contribution is 2.18.